The van der Waals surface area contributed by atoms with Crippen LogP contribution in [0.3, 0.4) is 0 Å². The zero-order valence-electron chi connectivity index (χ0n) is 19.6. The number of aromatic amines is 1. The molecule has 2 aliphatic heterocycles. The highest BCUT2D eigenvalue weighted by Crippen LogP contribution is 2.38. The normalized spacial score (nSPS) is 28.1. The van der Waals surface area contributed by atoms with Crippen molar-refractivity contribution in [3.63, 3.8) is 0 Å². The molecule has 2 aliphatic carbocycles. The van der Waals surface area contributed by atoms with Gasteiger partial charge in [0.15, 0.2) is 5.82 Å². The quantitative estimate of drug-likeness (QED) is 0.564. The van der Waals surface area contributed by atoms with E-state index >= 15 is 0 Å². The number of hydrogen-bond donors (Lipinski definition) is 3. The van der Waals surface area contributed by atoms with Crippen molar-refractivity contribution in [2.24, 2.45) is 7.05 Å². The molecule has 4 heterocycles. The number of alkyl carbamates (subject to hydrolysis) is 1. The van der Waals surface area contributed by atoms with Crippen LogP contribution >= 0.6 is 0 Å². The van der Waals surface area contributed by atoms with E-state index in [2.05, 4.69) is 25.9 Å². The number of rotatable bonds is 7. The number of carbonyl (C=O) groups is 2. The van der Waals surface area contributed by atoms with Crippen molar-refractivity contribution in [1.82, 2.24) is 25.3 Å². The summed E-state index contributed by atoms with van der Waals surface area (Å²) in [6, 6.07) is 3.54. The maximum absolute atomic E-state index is 12.6. The number of ether oxygens (including phenoxy) is 3. The zero-order valence-corrected chi connectivity index (χ0v) is 19.6. The van der Waals surface area contributed by atoms with Gasteiger partial charge in [0.2, 0.25) is 0 Å². The minimum atomic E-state index is -0.351. The fourth-order valence-corrected chi connectivity index (χ4v) is 5.37. The molecule has 11 nitrogen and oxygen atoms in total. The van der Waals surface area contributed by atoms with Gasteiger partial charge in [-0.25, -0.2) is 4.79 Å². The monoisotopic (exact) mass is 472 g/mol. The lowest BCUT2D eigenvalue weighted by Gasteiger charge is -2.46. The summed E-state index contributed by atoms with van der Waals surface area (Å²) in [6.07, 6.45) is 6.16. The molecule has 0 aromatic carbocycles. The Morgan fingerprint density at radius 3 is 2.82 bits per heavy atom. The molecule has 0 radical (unpaired) electrons. The van der Waals surface area contributed by atoms with Crippen LogP contribution in [0.15, 0.2) is 12.1 Å². The molecule has 34 heavy (non-hydrogen) atoms. The molecule has 3 N–H and O–H groups in total. The topological polar surface area (TPSA) is 132 Å². The number of anilines is 1. The number of nitrogens with one attached hydrogen (secondary N) is 3. The van der Waals surface area contributed by atoms with Crippen molar-refractivity contribution >= 4 is 17.8 Å². The Morgan fingerprint density at radius 2 is 2.09 bits per heavy atom. The molecule has 6 rings (SSSR count). The largest absolute Gasteiger partial charge is 0.446 e. The second-order valence-electron chi connectivity index (χ2n) is 9.69. The molecule has 2 saturated heterocycles. The first-order valence-electron chi connectivity index (χ1n) is 11.9. The van der Waals surface area contributed by atoms with Gasteiger partial charge >= 0.3 is 6.09 Å². The number of aromatic nitrogens is 4. The summed E-state index contributed by atoms with van der Waals surface area (Å²) in [5.74, 6) is 0.344. The molecule has 2 bridgehead atoms. The van der Waals surface area contributed by atoms with Gasteiger partial charge in [0.1, 0.15) is 11.8 Å². The van der Waals surface area contributed by atoms with Crippen molar-refractivity contribution in [3.05, 3.63) is 29.2 Å². The van der Waals surface area contributed by atoms with Gasteiger partial charge in [0, 0.05) is 31.8 Å². The standard InChI is InChI=1S/C23H32N6O5/c1-29-19(10-15(28-29)12-32-2)21(30)24-20-11-18(26-27-20)14-3-4-17(9-14)34-22(31)25-23-7-5-16(6-8-23)33-13-23/h10-11,14,16-17H,3-9,12-13H2,1-2H3,(H,25,31)(H2,24,26,27,30)/t14-,16?,17+,23?/m0/s1. The van der Waals surface area contributed by atoms with Crippen LogP contribution < -0.4 is 10.6 Å². The summed E-state index contributed by atoms with van der Waals surface area (Å²) in [5.41, 5.74) is 1.76. The van der Waals surface area contributed by atoms with Gasteiger partial charge in [0.05, 0.1) is 30.6 Å². The summed E-state index contributed by atoms with van der Waals surface area (Å²) >= 11 is 0. The summed E-state index contributed by atoms with van der Waals surface area (Å²) in [6.45, 7) is 0.918. The van der Waals surface area contributed by atoms with Crippen molar-refractivity contribution in [3.8, 4) is 0 Å². The Morgan fingerprint density at radius 1 is 1.26 bits per heavy atom. The summed E-state index contributed by atoms with van der Waals surface area (Å²) in [5, 5.41) is 17.4. The average Bonchev–Trinajstić information content (AvgIpc) is 3.55. The van der Waals surface area contributed by atoms with Gasteiger partial charge in [0.25, 0.3) is 5.91 Å². The number of amides is 2. The zero-order chi connectivity index (χ0) is 23.7. The first-order chi connectivity index (χ1) is 16.4. The average molecular weight is 473 g/mol. The van der Waals surface area contributed by atoms with E-state index in [1.54, 1.807) is 20.2 Å². The molecular weight excluding hydrogens is 440 g/mol. The third-order valence-electron chi connectivity index (χ3n) is 7.24. The highest BCUT2D eigenvalue weighted by atomic mass is 16.6. The Bertz CT molecular complexity index is 1030. The van der Waals surface area contributed by atoms with Crippen LogP contribution in [0.4, 0.5) is 10.6 Å². The van der Waals surface area contributed by atoms with E-state index in [0.29, 0.717) is 36.5 Å². The third-order valence-corrected chi connectivity index (χ3v) is 7.24. The van der Waals surface area contributed by atoms with E-state index in [0.717, 1.165) is 50.6 Å². The molecule has 11 heteroatoms. The van der Waals surface area contributed by atoms with Crippen LogP contribution in [0.25, 0.3) is 0 Å². The number of hydrogen-bond acceptors (Lipinski definition) is 7. The van der Waals surface area contributed by atoms with Crippen molar-refractivity contribution in [1.29, 1.82) is 0 Å². The minimum Gasteiger partial charge on any atom is -0.446 e. The maximum atomic E-state index is 12.6. The number of aryl methyl sites for hydroxylation is 1. The molecule has 0 unspecified atom stereocenters. The van der Waals surface area contributed by atoms with Gasteiger partial charge in [-0.2, -0.15) is 10.2 Å². The van der Waals surface area contributed by atoms with Gasteiger partial charge in [-0.1, -0.05) is 0 Å². The summed E-state index contributed by atoms with van der Waals surface area (Å²) in [7, 11) is 3.30. The molecule has 184 valence electrons. The van der Waals surface area contributed by atoms with Crippen molar-refractivity contribution in [2.75, 3.05) is 19.0 Å². The van der Waals surface area contributed by atoms with Crippen molar-refractivity contribution in [2.45, 2.75) is 75.2 Å². The third kappa shape index (κ3) is 4.80. The van der Waals surface area contributed by atoms with Gasteiger partial charge < -0.3 is 24.8 Å². The first kappa shape index (κ1) is 22.9. The number of fused-ring (bicyclic) bond motifs is 3. The fourth-order valence-electron chi connectivity index (χ4n) is 5.37. The Balaban J connectivity index is 1.12. The highest BCUT2D eigenvalue weighted by molar-refractivity contribution is 6.02. The smallest absolute Gasteiger partial charge is 0.407 e. The van der Waals surface area contributed by atoms with Crippen LogP contribution in [-0.2, 0) is 27.9 Å². The number of nitrogens with zero attached hydrogens (tertiary/aromatic N) is 3. The van der Waals surface area contributed by atoms with Gasteiger partial charge in [-0.05, 0) is 51.0 Å². The predicted octanol–water partition coefficient (Wildman–Crippen LogP) is 2.62. The predicted molar refractivity (Wildman–Crippen MR) is 121 cm³/mol. The maximum Gasteiger partial charge on any atom is 0.407 e. The Kier molecular flexibility index (Phi) is 6.30. The summed E-state index contributed by atoms with van der Waals surface area (Å²) in [4.78, 5) is 25.2. The van der Waals surface area contributed by atoms with E-state index in [9.17, 15) is 9.59 Å². The molecule has 2 amide bonds. The molecular formula is C23H32N6O5. The lowest BCUT2D eigenvalue weighted by atomic mass is 9.78. The molecule has 2 aromatic rings. The van der Waals surface area contributed by atoms with Gasteiger partial charge in [-0.3, -0.25) is 14.6 Å². The molecule has 0 spiro atoms. The van der Waals surface area contributed by atoms with E-state index in [1.807, 2.05) is 6.07 Å². The van der Waals surface area contributed by atoms with Gasteiger partial charge in [-0.15, -0.1) is 0 Å². The van der Waals surface area contributed by atoms with Crippen LogP contribution in [-0.4, -0.2) is 63.4 Å². The molecule has 4 aliphatic rings. The van der Waals surface area contributed by atoms with E-state index in [4.69, 9.17) is 14.2 Å². The second-order valence-corrected chi connectivity index (χ2v) is 9.69. The first-order valence-corrected chi connectivity index (χ1v) is 11.9. The second kappa shape index (κ2) is 9.38. The van der Waals surface area contributed by atoms with Crippen LogP contribution in [0, 0.1) is 0 Å². The minimum absolute atomic E-state index is 0.141. The SMILES string of the molecule is COCc1cc(C(=O)Nc2cc([C@H]3CC[C@@H](OC(=O)NC45CCC(CC4)OC5)C3)[nH]n2)n(C)n1. The van der Waals surface area contributed by atoms with E-state index in [-0.39, 0.29) is 29.6 Å². The fraction of sp³-hybridized carbons (Fsp3) is 0.652. The van der Waals surface area contributed by atoms with Crippen molar-refractivity contribution < 1.29 is 23.8 Å². The van der Waals surface area contributed by atoms with Crippen LogP contribution in [0.2, 0.25) is 0 Å². The number of H-pyrrole nitrogens is 1. The number of carbonyl (C=O) groups excluding carboxylic acids is 2. The van der Waals surface area contributed by atoms with Crippen LogP contribution in [0.5, 0.6) is 0 Å². The molecule has 2 saturated carbocycles. The van der Waals surface area contributed by atoms with E-state index < -0.39 is 0 Å². The summed E-state index contributed by atoms with van der Waals surface area (Å²) < 4.78 is 18.1. The molecule has 2 aromatic heterocycles. The van der Waals surface area contributed by atoms with E-state index in [1.165, 1.54) is 4.68 Å². The van der Waals surface area contributed by atoms with Crippen LogP contribution in [0.1, 0.15) is 72.7 Å². The molecule has 2 atom stereocenters. The molecule has 4 fully saturated rings. The lowest BCUT2D eigenvalue weighted by molar-refractivity contribution is -0.0870. The Labute approximate surface area is 197 Å². The number of methoxy groups -OCH3 is 1. The Hall–Kier alpha value is -2.92. The lowest BCUT2D eigenvalue weighted by Crippen LogP contribution is -2.59. The highest BCUT2D eigenvalue weighted by Gasteiger charge is 2.43.